The van der Waals surface area contributed by atoms with Gasteiger partial charge < -0.3 is 5.32 Å². The summed E-state index contributed by atoms with van der Waals surface area (Å²) in [6.45, 7) is 9.91. The lowest BCUT2D eigenvalue weighted by Crippen LogP contribution is -2.53. The van der Waals surface area contributed by atoms with Crippen LogP contribution in [0.1, 0.15) is 58.8 Å². The van der Waals surface area contributed by atoms with Crippen molar-refractivity contribution < 1.29 is 0 Å². The minimum Gasteiger partial charge on any atom is -0.316 e. The van der Waals surface area contributed by atoms with E-state index in [9.17, 15) is 0 Å². The molecule has 2 aliphatic heterocycles. The number of piperidine rings is 2. The fourth-order valence-electron chi connectivity index (χ4n) is 3.91. The van der Waals surface area contributed by atoms with E-state index in [2.05, 4.69) is 24.1 Å². The molecule has 2 heteroatoms. The van der Waals surface area contributed by atoms with E-state index in [-0.39, 0.29) is 0 Å². The molecule has 2 fully saturated rings. The van der Waals surface area contributed by atoms with Crippen LogP contribution in [0.5, 0.6) is 0 Å². The van der Waals surface area contributed by atoms with Gasteiger partial charge in [0.1, 0.15) is 0 Å². The first-order chi connectivity index (χ1) is 8.29. The first-order valence-electron chi connectivity index (χ1n) is 7.74. The Bertz CT molecular complexity index is 215. The van der Waals surface area contributed by atoms with Crippen LogP contribution in [0.25, 0.3) is 0 Å². The normalized spacial score (nSPS) is 32.8. The third kappa shape index (κ3) is 3.23. The molecule has 2 atom stereocenters. The molecular weight excluding hydrogens is 208 g/mol. The monoisotopic (exact) mass is 238 g/mol. The zero-order chi connectivity index (χ0) is 12.1. The summed E-state index contributed by atoms with van der Waals surface area (Å²) in [7, 11) is 0. The number of nitrogens with zero attached hydrogens (tertiary/aromatic N) is 1. The Balaban J connectivity index is 1.95. The van der Waals surface area contributed by atoms with Gasteiger partial charge in [0.05, 0.1) is 0 Å². The highest BCUT2D eigenvalue weighted by atomic mass is 15.2. The average molecular weight is 238 g/mol. The van der Waals surface area contributed by atoms with Crippen molar-refractivity contribution in [1.29, 1.82) is 0 Å². The third-order valence-corrected chi connectivity index (χ3v) is 4.86. The van der Waals surface area contributed by atoms with Gasteiger partial charge in [0, 0.05) is 19.1 Å². The topological polar surface area (TPSA) is 15.3 Å². The van der Waals surface area contributed by atoms with Crippen LogP contribution in [0.15, 0.2) is 0 Å². The maximum absolute atomic E-state index is 3.63. The average Bonchev–Trinajstić information content (AvgIpc) is 2.37. The van der Waals surface area contributed by atoms with E-state index < -0.39 is 0 Å². The Hall–Kier alpha value is -0.0800. The van der Waals surface area contributed by atoms with E-state index in [1.165, 1.54) is 71.1 Å². The molecule has 2 unspecified atom stereocenters. The molecule has 1 spiro atoms. The van der Waals surface area contributed by atoms with Crippen LogP contribution in [-0.2, 0) is 0 Å². The fourth-order valence-corrected chi connectivity index (χ4v) is 3.91. The maximum Gasteiger partial charge on any atom is 0.00927 e. The van der Waals surface area contributed by atoms with Gasteiger partial charge in [-0.15, -0.1) is 0 Å². The molecule has 17 heavy (non-hydrogen) atoms. The fraction of sp³-hybridized carbons (Fsp3) is 1.00. The first kappa shape index (κ1) is 13.4. The zero-order valence-electron chi connectivity index (χ0n) is 11.8. The summed E-state index contributed by atoms with van der Waals surface area (Å²) in [5, 5.41) is 3.63. The molecule has 2 aliphatic rings. The summed E-state index contributed by atoms with van der Waals surface area (Å²) in [5.41, 5.74) is 0.623. The van der Waals surface area contributed by atoms with Crippen LogP contribution in [0.4, 0.5) is 0 Å². The smallest absolute Gasteiger partial charge is 0.00927 e. The van der Waals surface area contributed by atoms with Crippen molar-refractivity contribution in [3.05, 3.63) is 0 Å². The van der Waals surface area contributed by atoms with Crippen LogP contribution < -0.4 is 5.32 Å². The molecule has 0 saturated carbocycles. The molecule has 2 saturated heterocycles. The predicted octanol–water partition coefficient (Wildman–Crippen LogP) is 3.03. The molecule has 100 valence electrons. The Kier molecular flexibility index (Phi) is 4.87. The lowest BCUT2D eigenvalue weighted by Gasteiger charge is -2.48. The van der Waals surface area contributed by atoms with E-state index in [1.54, 1.807) is 0 Å². The standard InChI is InChI=1S/C15H30N2/c1-3-7-14(4-2)17-11-6-9-15(13-17)8-5-10-16-12-15/h14,16H,3-13H2,1-2H3. The largest absolute Gasteiger partial charge is 0.316 e. The van der Waals surface area contributed by atoms with Gasteiger partial charge in [-0.3, -0.25) is 4.90 Å². The SMILES string of the molecule is CCCC(CC)N1CCCC2(CCCNC2)C1. The molecule has 2 rings (SSSR count). The number of hydrogen-bond acceptors (Lipinski definition) is 2. The van der Waals surface area contributed by atoms with E-state index >= 15 is 0 Å². The number of hydrogen-bond donors (Lipinski definition) is 1. The summed E-state index contributed by atoms with van der Waals surface area (Å²) in [6.07, 6.45) is 9.77. The van der Waals surface area contributed by atoms with Crippen LogP contribution in [0, 0.1) is 5.41 Å². The number of rotatable bonds is 4. The summed E-state index contributed by atoms with van der Waals surface area (Å²) >= 11 is 0. The highest BCUT2D eigenvalue weighted by Crippen LogP contribution is 2.37. The minimum absolute atomic E-state index is 0.623. The van der Waals surface area contributed by atoms with Crippen molar-refractivity contribution in [3.63, 3.8) is 0 Å². The van der Waals surface area contributed by atoms with E-state index in [1.807, 2.05) is 0 Å². The molecule has 0 aromatic rings. The van der Waals surface area contributed by atoms with Crippen molar-refractivity contribution in [2.24, 2.45) is 5.41 Å². The van der Waals surface area contributed by atoms with Crippen LogP contribution in [0.3, 0.4) is 0 Å². The lowest BCUT2D eigenvalue weighted by molar-refractivity contribution is 0.0335. The van der Waals surface area contributed by atoms with Crippen molar-refractivity contribution in [1.82, 2.24) is 10.2 Å². The van der Waals surface area contributed by atoms with Gasteiger partial charge in [-0.2, -0.15) is 0 Å². The molecule has 0 aliphatic carbocycles. The summed E-state index contributed by atoms with van der Waals surface area (Å²) in [5.74, 6) is 0. The molecule has 0 amide bonds. The second kappa shape index (κ2) is 6.19. The second-order valence-electron chi connectivity index (χ2n) is 6.21. The lowest BCUT2D eigenvalue weighted by atomic mass is 9.74. The van der Waals surface area contributed by atoms with Gasteiger partial charge >= 0.3 is 0 Å². The van der Waals surface area contributed by atoms with Gasteiger partial charge in [-0.05, 0) is 57.0 Å². The molecule has 1 N–H and O–H groups in total. The Morgan fingerprint density at radius 1 is 1.24 bits per heavy atom. The molecular formula is C15H30N2. The number of likely N-dealkylation sites (tertiary alicyclic amines) is 1. The summed E-state index contributed by atoms with van der Waals surface area (Å²) in [4.78, 5) is 2.81. The molecule has 0 aromatic heterocycles. The second-order valence-corrected chi connectivity index (χ2v) is 6.21. The molecule has 2 heterocycles. The van der Waals surface area contributed by atoms with Crippen LogP contribution >= 0.6 is 0 Å². The molecule has 0 aromatic carbocycles. The van der Waals surface area contributed by atoms with Gasteiger partial charge in [0.15, 0.2) is 0 Å². The quantitative estimate of drug-likeness (QED) is 0.810. The Labute approximate surface area is 107 Å². The first-order valence-corrected chi connectivity index (χ1v) is 7.74. The highest BCUT2D eigenvalue weighted by molar-refractivity contribution is 4.93. The molecule has 2 nitrogen and oxygen atoms in total. The van der Waals surface area contributed by atoms with Gasteiger partial charge in [0.2, 0.25) is 0 Å². The predicted molar refractivity (Wildman–Crippen MR) is 74.3 cm³/mol. The van der Waals surface area contributed by atoms with Crippen LogP contribution in [-0.4, -0.2) is 37.1 Å². The zero-order valence-corrected chi connectivity index (χ0v) is 11.8. The van der Waals surface area contributed by atoms with E-state index in [0.29, 0.717) is 5.41 Å². The third-order valence-electron chi connectivity index (χ3n) is 4.86. The molecule has 0 bridgehead atoms. The van der Waals surface area contributed by atoms with Crippen molar-refractivity contribution in [2.45, 2.75) is 64.8 Å². The summed E-state index contributed by atoms with van der Waals surface area (Å²) in [6, 6.07) is 0.846. The van der Waals surface area contributed by atoms with E-state index in [4.69, 9.17) is 0 Å². The van der Waals surface area contributed by atoms with Crippen LogP contribution in [0.2, 0.25) is 0 Å². The molecule has 0 radical (unpaired) electrons. The summed E-state index contributed by atoms with van der Waals surface area (Å²) < 4.78 is 0. The minimum atomic E-state index is 0.623. The van der Waals surface area contributed by atoms with Crippen molar-refractivity contribution in [3.8, 4) is 0 Å². The number of nitrogens with one attached hydrogen (secondary N) is 1. The Morgan fingerprint density at radius 2 is 2.06 bits per heavy atom. The van der Waals surface area contributed by atoms with Crippen molar-refractivity contribution >= 4 is 0 Å². The maximum atomic E-state index is 3.63. The van der Waals surface area contributed by atoms with Gasteiger partial charge in [-0.1, -0.05) is 20.3 Å². The van der Waals surface area contributed by atoms with Gasteiger partial charge in [-0.25, -0.2) is 0 Å². The Morgan fingerprint density at radius 3 is 2.71 bits per heavy atom. The van der Waals surface area contributed by atoms with E-state index in [0.717, 1.165) is 6.04 Å². The van der Waals surface area contributed by atoms with Crippen molar-refractivity contribution in [2.75, 3.05) is 26.2 Å². The highest BCUT2D eigenvalue weighted by Gasteiger charge is 2.37. The van der Waals surface area contributed by atoms with Gasteiger partial charge in [0.25, 0.3) is 0 Å².